The second kappa shape index (κ2) is 6.93. The highest BCUT2D eigenvalue weighted by atomic mass is 32.2. The summed E-state index contributed by atoms with van der Waals surface area (Å²) in [4.78, 5) is 9.31. The third kappa shape index (κ3) is 3.61. The zero-order chi connectivity index (χ0) is 16.4. The summed E-state index contributed by atoms with van der Waals surface area (Å²) in [7, 11) is 0. The van der Waals surface area contributed by atoms with Crippen LogP contribution in [0.3, 0.4) is 0 Å². The van der Waals surface area contributed by atoms with Gasteiger partial charge in [0.1, 0.15) is 0 Å². The molecule has 0 fully saturated rings. The highest BCUT2D eigenvalue weighted by Gasteiger charge is 2.07. The Morgan fingerprint density at radius 3 is 2.71 bits per heavy atom. The minimum atomic E-state index is 0.839. The fourth-order valence-corrected chi connectivity index (χ4v) is 5.04. The van der Waals surface area contributed by atoms with Crippen LogP contribution in [-0.2, 0) is 5.75 Å². The largest absolute Gasteiger partial charge is 0.332 e. The number of aromatic nitrogens is 2. The Morgan fingerprint density at radius 2 is 1.88 bits per heavy atom. The maximum absolute atomic E-state index is 4.66. The molecule has 0 amide bonds. The van der Waals surface area contributed by atoms with Crippen molar-refractivity contribution in [1.29, 1.82) is 0 Å². The van der Waals surface area contributed by atoms with Crippen LogP contribution in [0.5, 0.6) is 0 Å². The average molecular weight is 370 g/mol. The first-order chi connectivity index (χ1) is 11.8. The number of nitrogens with one attached hydrogen (secondary N) is 1. The Labute approximate surface area is 152 Å². The summed E-state index contributed by atoms with van der Waals surface area (Å²) in [6, 6.07) is 16.6. The maximum atomic E-state index is 4.66. The van der Waals surface area contributed by atoms with Gasteiger partial charge < -0.3 is 5.32 Å². The van der Waals surface area contributed by atoms with Gasteiger partial charge in [0.25, 0.3) is 0 Å². The number of fused-ring (bicyclic) bond motifs is 1. The molecule has 0 aliphatic carbocycles. The van der Waals surface area contributed by atoms with E-state index < -0.39 is 0 Å². The Hall–Kier alpha value is -1.89. The third-order valence-corrected chi connectivity index (χ3v) is 6.49. The van der Waals surface area contributed by atoms with Gasteiger partial charge in [0.15, 0.2) is 9.47 Å². The van der Waals surface area contributed by atoms with Crippen LogP contribution in [0.25, 0.3) is 10.2 Å². The second-order valence-corrected chi connectivity index (χ2v) is 8.48. The first-order valence-corrected chi connectivity index (χ1v) is 10.2. The van der Waals surface area contributed by atoms with E-state index in [1.807, 2.05) is 6.07 Å². The first kappa shape index (κ1) is 15.6. The van der Waals surface area contributed by atoms with Crippen LogP contribution in [-0.4, -0.2) is 9.97 Å². The van der Waals surface area contributed by atoms with Gasteiger partial charge in [-0.15, -0.1) is 22.7 Å². The first-order valence-electron chi connectivity index (χ1n) is 7.53. The van der Waals surface area contributed by atoms with E-state index in [4.69, 9.17) is 0 Å². The maximum Gasteiger partial charge on any atom is 0.187 e. The van der Waals surface area contributed by atoms with Gasteiger partial charge in [0, 0.05) is 16.8 Å². The van der Waals surface area contributed by atoms with Gasteiger partial charge in [-0.1, -0.05) is 41.6 Å². The number of aryl methyl sites for hydroxylation is 1. The van der Waals surface area contributed by atoms with Crippen molar-refractivity contribution in [2.45, 2.75) is 17.0 Å². The van der Waals surface area contributed by atoms with Crippen LogP contribution in [0.2, 0.25) is 0 Å². The summed E-state index contributed by atoms with van der Waals surface area (Å²) in [5.41, 5.74) is 4.48. The number of rotatable bonds is 5. The lowest BCUT2D eigenvalue weighted by molar-refractivity contribution is 1.22. The molecule has 0 atom stereocenters. The molecule has 0 unspecified atom stereocenters. The highest BCUT2D eigenvalue weighted by molar-refractivity contribution is 8.00. The number of thiazole rings is 2. The lowest BCUT2D eigenvalue weighted by Crippen LogP contribution is -1.90. The van der Waals surface area contributed by atoms with Crippen molar-refractivity contribution in [3.05, 3.63) is 65.2 Å². The van der Waals surface area contributed by atoms with E-state index in [-0.39, 0.29) is 0 Å². The van der Waals surface area contributed by atoms with E-state index in [0.29, 0.717) is 0 Å². The molecule has 0 aliphatic rings. The SMILES string of the molecule is Cc1ccc(Nc2nc(CSc3nc4ccccc4s3)cs2)cc1. The normalized spacial score (nSPS) is 11.0. The minimum Gasteiger partial charge on any atom is -0.332 e. The van der Waals surface area contributed by atoms with Crippen LogP contribution in [0.15, 0.2) is 58.3 Å². The van der Waals surface area contributed by atoms with Crippen LogP contribution < -0.4 is 5.32 Å². The van der Waals surface area contributed by atoms with Crippen LogP contribution >= 0.6 is 34.4 Å². The summed E-state index contributed by atoms with van der Waals surface area (Å²) >= 11 is 5.12. The molecule has 0 bridgehead atoms. The van der Waals surface area contributed by atoms with Crippen LogP contribution in [0, 0.1) is 6.92 Å². The summed E-state index contributed by atoms with van der Waals surface area (Å²) in [6.45, 7) is 2.09. The molecule has 0 saturated carbocycles. The van der Waals surface area contributed by atoms with Crippen molar-refractivity contribution in [3.8, 4) is 0 Å². The molecule has 24 heavy (non-hydrogen) atoms. The summed E-state index contributed by atoms with van der Waals surface area (Å²) in [5, 5.41) is 6.39. The molecule has 4 aromatic rings. The molecule has 2 aromatic heterocycles. The monoisotopic (exact) mass is 369 g/mol. The van der Waals surface area contributed by atoms with E-state index in [1.165, 1.54) is 10.3 Å². The van der Waals surface area contributed by atoms with Crippen molar-refractivity contribution in [2.75, 3.05) is 5.32 Å². The molecular weight excluding hydrogens is 354 g/mol. The molecule has 0 radical (unpaired) electrons. The molecule has 2 heterocycles. The molecule has 120 valence electrons. The van der Waals surface area contributed by atoms with Crippen molar-refractivity contribution in [1.82, 2.24) is 9.97 Å². The molecule has 4 rings (SSSR count). The van der Waals surface area contributed by atoms with E-state index >= 15 is 0 Å². The van der Waals surface area contributed by atoms with Gasteiger partial charge >= 0.3 is 0 Å². The second-order valence-electron chi connectivity index (χ2n) is 5.37. The zero-order valence-electron chi connectivity index (χ0n) is 13.0. The Morgan fingerprint density at radius 1 is 1.04 bits per heavy atom. The van der Waals surface area contributed by atoms with Crippen molar-refractivity contribution in [2.24, 2.45) is 0 Å². The molecular formula is C18H15N3S3. The van der Waals surface area contributed by atoms with Gasteiger partial charge in [-0.3, -0.25) is 0 Å². The molecule has 0 spiro atoms. The van der Waals surface area contributed by atoms with Gasteiger partial charge in [0.2, 0.25) is 0 Å². The molecule has 0 saturated heterocycles. The van der Waals surface area contributed by atoms with Crippen molar-refractivity contribution < 1.29 is 0 Å². The van der Waals surface area contributed by atoms with Gasteiger partial charge in [0.05, 0.1) is 15.9 Å². The standard InChI is InChI=1S/C18H15N3S3/c1-12-6-8-13(9-7-12)19-17-20-14(10-22-17)11-23-18-21-15-4-2-3-5-16(15)24-18/h2-10H,11H2,1H3,(H,19,20). The minimum absolute atomic E-state index is 0.839. The van der Waals surface area contributed by atoms with E-state index in [2.05, 4.69) is 70.1 Å². The smallest absolute Gasteiger partial charge is 0.187 e. The van der Waals surface area contributed by atoms with Crippen LogP contribution in [0.4, 0.5) is 10.8 Å². The van der Waals surface area contributed by atoms with Gasteiger partial charge in [-0.25, -0.2) is 9.97 Å². The summed E-state index contributed by atoms with van der Waals surface area (Å²) in [6.07, 6.45) is 0. The Balaban J connectivity index is 1.40. The van der Waals surface area contributed by atoms with Gasteiger partial charge in [-0.05, 0) is 31.2 Å². The fraction of sp³-hybridized carbons (Fsp3) is 0.111. The average Bonchev–Trinajstić information content (AvgIpc) is 3.21. The lowest BCUT2D eigenvalue weighted by Gasteiger charge is -2.02. The highest BCUT2D eigenvalue weighted by Crippen LogP contribution is 2.32. The van der Waals surface area contributed by atoms with Crippen LogP contribution in [0.1, 0.15) is 11.3 Å². The number of anilines is 2. The number of para-hydroxylation sites is 1. The molecule has 2 aromatic carbocycles. The number of benzene rings is 2. The molecule has 3 nitrogen and oxygen atoms in total. The predicted octanol–water partition coefficient (Wildman–Crippen LogP) is 6.10. The molecule has 1 N–H and O–H groups in total. The number of thioether (sulfide) groups is 1. The Kier molecular flexibility index (Phi) is 4.51. The number of nitrogens with zero attached hydrogens (tertiary/aromatic N) is 2. The van der Waals surface area contributed by atoms with Crippen molar-refractivity contribution >= 4 is 55.5 Å². The van der Waals surface area contributed by atoms with Gasteiger partial charge in [-0.2, -0.15) is 0 Å². The van der Waals surface area contributed by atoms with E-state index in [1.54, 1.807) is 34.4 Å². The third-order valence-electron chi connectivity index (χ3n) is 3.47. The fourth-order valence-electron chi connectivity index (χ4n) is 2.24. The topological polar surface area (TPSA) is 37.8 Å². The molecule has 6 heteroatoms. The van der Waals surface area contributed by atoms with Crippen molar-refractivity contribution in [3.63, 3.8) is 0 Å². The summed E-state index contributed by atoms with van der Waals surface area (Å²) < 4.78 is 2.33. The molecule has 0 aliphatic heterocycles. The van der Waals surface area contributed by atoms with E-state index in [0.717, 1.165) is 32.1 Å². The zero-order valence-corrected chi connectivity index (χ0v) is 15.5. The lowest BCUT2D eigenvalue weighted by atomic mass is 10.2. The Bertz CT molecular complexity index is 924. The number of hydrogen-bond acceptors (Lipinski definition) is 6. The number of hydrogen-bond donors (Lipinski definition) is 1. The predicted molar refractivity (Wildman–Crippen MR) is 106 cm³/mol. The van der Waals surface area contributed by atoms with E-state index in [9.17, 15) is 0 Å². The quantitative estimate of drug-likeness (QED) is 0.432. The summed E-state index contributed by atoms with van der Waals surface area (Å²) in [5.74, 6) is 0.839.